The topological polar surface area (TPSA) is 95.8 Å². The minimum absolute atomic E-state index is 0.178. The van der Waals surface area contributed by atoms with Crippen molar-refractivity contribution in [2.75, 3.05) is 31.5 Å². The van der Waals surface area contributed by atoms with Gasteiger partial charge in [-0.3, -0.25) is 9.69 Å². The van der Waals surface area contributed by atoms with Crippen LogP contribution in [0, 0.1) is 12.7 Å². The van der Waals surface area contributed by atoms with E-state index in [1.165, 1.54) is 22.5 Å². The van der Waals surface area contributed by atoms with Crippen LogP contribution in [0.2, 0.25) is 0 Å². The fraction of sp³-hybridized carbons (Fsp3) is 0.412. The molecule has 1 N–H and O–H groups in total. The quantitative estimate of drug-likeness (QED) is 0.822. The summed E-state index contributed by atoms with van der Waals surface area (Å²) in [6.45, 7) is 4.54. The first-order chi connectivity index (χ1) is 12.8. The van der Waals surface area contributed by atoms with Gasteiger partial charge in [-0.25, -0.2) is 12.8 Å². The largest absolute Gasteiger partial charge is 0.360 e. The molecule has 0 saturated carbocycles. The summed E-state index contributed by atoms with van der Waals surface area (Å²) in [5.41, 5.74) is 0. The van der Waals surface area contributed by atoms with Gasteiger partial charge in [-0.1, -0.05) is 17.3 Å². The van der Waals surface area contributed by atoms with E-state index in [1.54, 1.807) is 19.9 Å². The first-order valence-electron chi connectivity index (χ1n) is 8.52. The molecular weight excluding hydrogens is 375 g/mol. The molecule has 1 aliphatic heterocycles. The Bertz CT molecular complexity index is 923. The molecule has 0 spiro atoms. The van der Waals surface area contributed by atoms with Gasteiger partial charge in [-0.15, -0.1) is 0 Å². The van der Waals surface area contributed by atoms with Gasteiger partial charge in [0, 0.05) is 32.2 Å². The molecular formula is C17H21FN4O4S. The lowest BCUT2D eigenvalue weighted by Gasteiger charge is -2.36. The molecule has 1 aliphatic rings. The van der Waals surface area contributed by atoms with Crippen LogP contribution in [-0.4, -0.2) is 60.9 Å². The molecule has 1 amide bonds. The van der Waals surface area contributed by atoms with Crippen LogP contribution >= 0.6 is 0 Å². The van der Waals surface area contributed by atoms with Crippen molar-refractivity contribution < 1.29 is 22.1 Å². The van der Waals surface area contributed by atoms with E-state index in [0.717, 1.165) is 6.07 Å². The Hall–Kier alpha value is -2.30. The molecule has 0 radical (unpaired) electrons. The monoisotopic (exact) mass is 396 g/mol. The molecule has 3 rings (SSSR count). The van der Waals surface area contributed by atoms with Crippen LogP contribution in [0.5, 0.6) is 0 Å². The number of piperazine rings is 1. The number of nitrogens with zero attached hydrogens (tertiary/aromatic N) is 3. The minimum atomic E-state index is -3.90. The summed E-state index contributed by atoms with van der Waals surface area (Å²) in [4.78, 5) is 13.9. The second-order valence-corrected chi connectivity index (χ2v) is 8.26. The molecule has 0 unspecified atom stereocenters. The van der Waals surface area contributed by atoms with Gasteiger partial charge in [-0.2, -0.15) is 4.31 Å². The molecule has 1 aromatic heterocycles. The van der Waals surface area contributed by atoms with E-state index in [4.69, 9.17) is 4.52 Å². The van der Waals surface area contributed by atoms with Gasteiger partial charge in [0.15, 0.2) is 5.82 Å². The van der Waals surface area contributed by atoms with Crippen LogP contribution in [0.1, 0.15) is 12.7 Å². The Labute approximate surface area is 157 Å². The number of sulfonamides is 1. The molecule has 1 atom stereocenters. The molecule has 1 fully saturated rings. The number of rotatable bonds is 5. The molecule has 8 nitrogen and oxygen atoms in total. The number of halogens is 1. The predicted octanol–water partition coefficient (Wildman–Crippen LogP) is 1.46. The normalized spacial score (nSPS) is 17.6. The van der Waals surface area contributed by atoms with E-state index in [1.807, 2.05) is 4.90 Å². The number of aromatic nitrogens is 1. The molecule has 146 valence electrons. The van der Waals surface area contributed by atoms with Crippen molar-refractivity contribution in [3.8, 4) is 0 Å². The lowest BCUT2D eigenvalue weighted by Crippen LogP contribution is -2.54. The summed E-state index contributed by atoms with van der Waals surface area (Å²) in [5, 5.41) is 6.39. The van der Waals surface area contributed by atoms with Gasteiger partial charge < -0.3 is 9.84 Å². The molecule has 1 aromatic carbocycles. The van der Waals surface area contributed by atoms with Crippen molar-refractivity contribution in [1.29, 1.82) is 0 Å². The third-order valence-electron chi connectivity index (χ3n) is 4.53. The highest BCUT2D eigenvalue weighted by molar-refractivity contribution is 7.89. The van der Waals surface area contributed by atoms with E-state index < -0.39 is 21.9 Å². The van der Waals surface area contributed by atoms with Crippen LogP contribution < -0.4 is 5.32 Å². The van der Waals surface area contributed by atoms with Crippen LogP contribution in [0.4, 0.5) is 10.2 Å². The Morgan fingerprint density at radius 1 is 1.26 bits per heavy atom. The van der Waals surface area contributed by atoms with Crippen molar-refractivity contribution in [3.63, 3.8) is 0 Å². The first-order valence-corrected chi connectivity index (χ1v) is 9.96. The first kappa shape index (κ1) is 19.5. The maximum atomic E-state index is 13.9. The van der Waals surface area contributed by atoms with Crippen molar-refractivity contribution in [3.05, 3.63) is 41.9 Å². The summed E-state index contributed by atoms with van der Waals surface area (Å²) in [7, 11) is -3.90. The lowest BCUT2D eigenvalue weighted by molar-refractivity contribution is -0.121. The standard InChI is InChI=1S/C17H21FN4O4S/c1-12-11-16(20-26-12)19-17(23)13(2)21-7-9-22(10-8-21)27(24,25)15-6-4-3-5-14(15)18/h3-6,11,13H,7-10H2,1-2H3,(H,19,20,23)/t13-/m1/s1. The number of carbonyl (C=O) groups is 1. The highest BCUT2D eigenvalue weighted by Gasteiger charge is 2.33. The zero-order chi connectivity index (χ0) is 19.6. The van der Waals surface area contributed by atoms with Crippen LogP contribution in [0.3, 0.4) is 0 Å². The molecule has 2 aromatic rings. The number of hydrogen-bond donors (Lipinski definition) is 1. The molecule has 10 heteroatoms. The fourth-order valence-corrected chi connectivity index (χ4v) is 4.43. The highest BCUT2D eigenvalue weighted by Crippen LogP contribution is 2.21. The van der Waals surface area contributed by atoms with Gasteiger partial charge in [-0.05, 0) is 26.0 Å². The van der Waals surface area contributed by atoms with Crippen LogP contribution in [-0.2, 0) is 14.8 Å². The van der Waals surface area contributed by atoms with Crippen LogP contribution in [0.15, 0.2) is 39.8 Å². The van der Waals surface area contributed by atoms with Gasteiger partial charge >= 0.3 is 0 Å². The van der Waals surface area contributed by atoms with Crippen molar-refractivity contribution in [1.82, 2.24) is 14.4 Å². The molecule has 27 heavy (non-hydrogen) atoms. The summed E-state index contributed by atoms with van der Waals surface area (Å²) in [6.07, 6.45) is 0. The van der Waals surface area contributed by atoms with Crippen molar-refractivity contribution in [2.45, 2.75) is 24.8 Å². The summed E-state index contributed by atoms with van der Waals surface area (Å²) >= 11 is 0. The maximum Gasteiger partial charge on any atom is 0.246 e. The van der Waals surface area contributed by atoms with Crippen LogP contribution in [0.25, 0.3) is 0 Å². The second-order valence-electron chi connectivity index (χ2n) is 6.36. The Morgan fingerprint density at radius 3 is 2.52 bits per heavy atom. The number of carbonyl (C=O) groups excluding carboxylic acids is 1. The third kappa shape index (κ3) is 4.18. The Kier molecular flexibility index (Phi) is 5.59. The van der Waals surface area contributed by atoms with E-state index in [2.05, 4.69) is 10.5 Å². The fourth-order valence-electron chi connectivity index (χ4n) is 2.95. The zero-order valence-corrected chi connectivity index (χ0v) is 15.9. The third-order valence-corrected chi connectivity index (χ3v) is 6.47. The number of benzene rings is 1. The van der Waals surface area contributed by atoms with E-state index in [0.29, 0.717) is 24.7 Å². The van der Waals surface area contributed by atoms with Gasteiger partial charge in [0.25, 0.3) is 0 Å². The number of hydrogen-bond acceptors (Lipinski definition) is 6. The van der Waals surface area contributed by atoms with Crippen molar-refractivity contribution >= 4 is 21.7 Å². The van der Waals surface area contributed by atoms with E-state index in [-0.39, 0.29) is 23.9 Å². The lowest BCUT2D eigenvalue weighted by atomic mass is 10.2. The SMILES string of the molecule is Cc1cc(NC(=O)[C@@H](C)N2CCN(S(=O)(=O)c3ccccc3F)CC2)no1. The van der Waals surface area contributed by atoms with E-state index in [9.17, 15) is 17.6 Å². The summed E-state index contributed by atoms with van der Waals surface area (Å²) in [6, 6.07) is 6.46. The number of amides is 1. The molecule has 0 aliphatic carbocycles. The van der Waals surface area contributed by atoms with E-state index >= 15 is 0 Å². The Balaban J connectivity index is 1.61. The van der Waals surface area contributed by atoms with Gasteiger partial charge in [0.1, 0.15) is 16.5 Å². The van der Waals surface area contributed by atoms with Gasteiger partial charge in [0.05, 0.1) is 6.04 Å². The van der Waals surface area contributed by atoms with Gasteiger partial charge in [0.2, 0.25) is 15.9 Å². The predicted molar refractivity (Wildman–Crippen MR) is 96.1 cm³/mol. The smallest absolute Gasteiger partial charge is 0.246 e. The molecule has 1 saturated heterocycles. The average Bonchev–Trinajstić information content (AvgIpc) is 3.06. The summed E-state index contributed by atoms with van der Waals surface area (Å²) < 4.78 is 45.3. The summed E-state index contributed by atoms with van der Waals surface area (Å²) in [5.74, 6) is -0.0978. The number of nitrogens with one attached hydrogen (secondary N) is 1. The Morgan fingerprint density at radius 2 is 1.93 bits per heavy atom. The zero-order valence-electron chi connectivity index (χ0n) is 15.1. The minimum Gasteiger partial charge on any atom is -0.360 e. The maximum absolute atomic E-state index is 13.9. The molecule has 2 heterocycles. The number of anilines is 1. The highest BCUT2D eigenvalue weighted by atomic mass is 32.2. The molecule has 0 bridgehead atoms. The number of aryl methyl sites for hydroxylation is 1. The van der Waals surface area contributed by atoms with Crippen molar-refractivity contribution in [2.24, 2.45) is 0 Å². The average molecular weight is 396 g/mol. The second kappa shape index (κ2) is 7.75.